The Morgan fingerprint density at radius 1 is 1.23 bits per heavy atom. The largest absolute Gasteiger partial charge is 0.461 e. The van der Waals surface area contributed by atoms with Crippen molar-refractivity contribution in [3.63, 3.8) is 0 Å². The summed E-state index contributed by atoms with van der Waals surface area (Å²) in [6, 6.07) is 7.61. The van der Waals surface area contributed by atoms with Gasteiger partial charge in [0.2, 0.25) is 0 Å². The van der Waals surface area contributed by atoms with Crippen LogP contribution in [0.1, 0.15) is 38.8 Å². The molecule has 118 valence electrons. The number of hydrogen-bond acceptors (Lipinski definition) is 4. The Kier molecular flexibility index (Phi) is 4.54. The summed E-state index contributed by atoms with van der Waals surface area (Å²) < 4.78 is 10.4. The standard InChI is InChI=1S/C17H21NO4/c1-5-21-15(19)14-10-12-8-6-7-9-13(12)11-18(14)16(20)22-17(2,3)4/h6-10H,5,11H2,1-4H3. The highest BCUT2D eigenvalue weighted by Crippen LogP contribution is 2.27. The Morgan fingerprint density at radius 3 is 2.55 bits per heavy atom. The average molecular weight is 303 g/mol. The van der Waals surface area contributed by atoms with Crippen molar-refractivity contribution in [1.29, 1.82) is 0 Å². The van der Waals surface area contributed by atoms with E-state index in [0.29, 0.717) is 0 Å². The molecular weight excluding hydrogens is 282 g/mol. The van der Waals surface area contributed by atoms with E-state index in [0.717, 1.165) is 11.1 Å². The first-order valence-electron chi connectivity index (χ1n) is 7.29. The van der Waals surface area contributed by atoms with Gasteiger partial charge in [0.1, 0.15) is 11.3 Å². The first-order valence-corrected chi connectivity index (χ1v) is 7.29. The Hall–Kier alpha value is -2.30. The Morgan fingerprint density at radius 2 is 1.91 bits per heavy atom. The van der Waals surface area contributed by atoms with Crippen molar-refractivity contribution in [2.45, 2.75) is 39.8 Å². The van der Waals surface area contributed by atoms with Crippen LogP contribution in [-0.2, 0) is 20.8 Å². The SMILES string of the molecule is CCOC(=O)C1=Cc2ccccc2CN1C(=O)OC(C)(C)C. The van der Waals surface area contributed by atoms with Crippen LogP contribution in [0, 0.1) is 0 Å². The molecular formula is C17H21NO4. The summed E-state index contributed by atoms with van der Waals surface area (Å²) in [7, 11) is 0. The zero-order valence-corrected chi connectivity index (χ0v) is 13.4. The number of ether oxygens (including phenoxy) is 2. The van der Waals surface area contributed by atoms with E-state index in [2.05, 4.69) is 0 Å². The van der Waals surface area contributed by atoms with Gasteiger partial charge in [-0.3, -0.25) is 4.90 Å². The first kappa shape index (κ1) is 16.1. The number of fused-ring (bicyclic) bond motifs is 1. The fourth-order valence-corrected chi connectivity index (χ4v) is 2.15. The molecule has 0 spiro atoms. The maximum absolute atomic E-state index is 12.4. The van der Waals surface area contributed by atoms with E-state index in [1.165, 1.54) is 4.90 Å². The summed E-state index contributed by atoms with van der Waals surface area (Å²) in [6.45, 7) is 7.63. The minimum absolute atomic E-state index is 0.204. The van der Waals surface area contributed by atoms with E-state index in [4.69, 9.17) is 9.47 Å². The highest BCUT2D eigenvalue weighted by atomic mass is 16.6. The molecule has 2 rings (SSSR count). The van der Waals surface area contributed by atoms with E-state index in [1.807, 2.05) is 24.3 Å². The van der Waals surface area contributed by atoms with Crippen molar-refractivity contribution < 1.29 is 19.1 Å². The average Bonchev–Trinajstić information content (AvgIpc) is 2.44. The van der Waals surface area contributed by atoms with Gasteiger partial charge in [-0.2, -0.15) is 0 Å². The molecule has 1 aliphatic rings. The number of rotatable bonds is 2. The molecule has 0 radical (unpaired) electrons. The summed E-state index contributed by atoms with van der Waals surface area (Å²) in [5.41, 5.74) is 1.44. The van der Waals surface area contributed by atoms with Gasteiger partial charge in [0, 0.05) is 0 Å². The molecule has 0 saturated carbocycles. The van der Waals surface area contributed by atoms with Crippen LogP contribution >= 0.6 is 0 Å². The molecule has 1 aliphatic heterocycles. The third kappa shape index (κ3) is 3.67. The molecule has 5 nitrogen and oxygen atoms in total. The highest BCUT2D eigenvalue weighted by Gasteiger charge is 2.32. The molecule has 0 bridgehead atoms. The number of nitrogens with zero attached hydrogens (tertiary/aromatic N) is 1. The first-order chi connectivity index (χ1) is 10.3. The van der Waals surface area contributed by atoms with Crippen molar-refractivity contribution in [2.75, 3.05) is 6.61 Å². The molecule has 1 aromatic carbocycles. The van der Waals surface area contributed by atoms with Crippen LogP contribution in [0.5, 0.6) is 0 Å². The van der Waals surface area contributed by atoms with Crippen molar-refractivity contribution in [3.8, 4) is 0 Å². The van der Waals surface area contributed by atoms with Gasteiger partial charge in [-0.25, -0.2) is 9.59 Å². The lowest BCUT2D eigenvalue weighted by Crippen LogP contribution is -2.39. The molecule has 0 aliphatic carbocycles. The van der Waals surface area contributed by atoms with Crippen LogP contribution in [0.15, 0.2) is 30.0 Å². The number of esters is 1. The fourth-order valence-electron chi connectivity index (χ4n) is 2.15. The number of carbonyl (C=O) groups is 2. The Labute approximate surface area is 130 Å². The Balaban J connectivity index is 2.35. The second kappa shape index (κ2) is 6.22. The van der Waals surface area contributed by atoms with Gasteiger partial charge >= 0.3 is 12.1 Å². The lowest BCUT2D eigenvalue weighted by atomic mass is 10.0. The summed E-state index contributed by atoms with van der Waals surface area (Å²) in [4.78, 5) is 25.9. The number of amides is 1. The minimum Gasteiger partial charge on any atom is -0.461 e. The van der Waals surface area contributed by atoms with Crippen LogP contribution in [0.4, 0.5) is 4.79 Å². The van der Waals surface area contributed by atoms with Crippen molar-refractivity contribution in [2.24, 2.45) is 0 Å². The van der Waals surface area contributed by atoms with Crippen LogP contribution in [0.3, 0.4) is 0 Å². The minimum atomic E-state index is -0.631. The quantitative estimate of drug-likeness (QED) is 0.786. The van der Waals surface area contributed by atoms with Gasteiger partial charge in [0.15, 0.2) is 0 Å². The number of hydrogen-bond donors (Lipinski definition) is 0. The van der Waals surface area contributed by atoms with E-state index in [-0.39, 0.29) is 18.8 Å². The van der Waals surface area contributed by atoms with Crippen LogP contribution in [0.25, 0.3) is 6.08 Å². The summed E-state index contributed by atoms with van der Waals surface area (Å²) in [6.07, 6.45) is 1.11. The second-order valence-electron chi connectivity index (χ2n) is 6.02. The van der Waals surface area contributed by atoms with Gasteiger partial charge in [0.05, 0.1) is 13.2 Å². The van der Waals surface area contributed by atoms with Crippen molar-refractivity contribution >= 4 is 18.1 Å². The molecule has 1 aromatic rings. The van der Waals surface area contributed by atoms with Crippen LogP contribution < -0.4 is 0 Å². The monoisotopic (exact) mass is 303 g/mol. The van der Waals surface area contributed by atoms with Crippen molar-refractivity contribution in [3.05, 3.63) is 41.1 Å². The molecule has 0 unspecified atom stereocenters. The lowest BCUT2D eigenvalue weighted by Gasteiger charge is -2.31. The maximum Gasteiger partial charge on any atom is 0.415 e. The summed E-state index contributed by atoms with van der Waals surface area (Å²) in [5.74, 6) is -0.525. The zero-order chi connectivity index (χ0) is 16.3. The maximum atomic E-state index is 12.4. The van der Waals surface area contributed by atoms with Crippen LogP contribution in [0.2, 0.25) is 0 Å². The van der Waals surface area contributed by atoms with Gasteiger partial charge < -0.3 is 9.47 Å². The summed E-state index contributed by atoms with van der Waals surface area (Å²) in [5, 5.41) is 0. The van der Waals surface area contributed by atoms with E-state index in [9.17, 15) is 9.59 Å². The van der Waals surface area contributed by atoms with Crippen molar-refractivity contribution in [1.82, 2.24) is 4.90 Å². The molecule has 1 heterocycles. The van der Waals surface area contributed by atoms with Crippen LogP contribution in [-0.4, -0.2) is 29.2 Å². The van der Waals surface area contributed by atoms with Gasteiger partial charge in [-0.05, 0) is 44.9 Å². The summed E-state index contributed by atoms with van der Waals surface area (Å²) >= 11 is 0. The van der Waals surface area contributed by atoms with Gasteiger partial charge in [-0.15, -0.1) is 0 Å². The lowest BCUT2D eigenvalue weighted by molar-refractivity contribution is -0.140. The molecule has 0 saturated heterocycles. The fraction of sp³-hybridized carbons (Fsp3) is 0.412. The molecule has 0 atom stereocenters. The molecule has 5 heteroatoms. The second-order valence-corrected chi connectivity index (χ2v) is 6.02. The zero-order valence-electron chi connectivity index (χ0n) is 13.4. The number of benzene rings is 1. The van der Waals surface area contributed by atoms with E-state index >= 15 is 0 Å². The normalized spacial score (nSPS) is 14.0. The third-order valence-electron chi connectivity index (χ3n) is 3.07. The van der Waals surface area contributed by atoms with E-state index in [1.54, 1.807) is 33.8 Å². The molecule has 0 fully saturated rings. The van der Waals surface area contributed by atoms with Gasteiger partial charge in [0.25, 0.3) is 0 Å². The molecule has 22 heavy (non-hydrogen) atoms. The Bertz CT molecular complexity index is 613. The predicted octanol–water partition coefficient (Wildman–Crippen LogP) is 3.34. The predicted molar refractivity (Wildman–Crippen MR) is 82.8 cm³/mol. The third-order valence-corrected chi connectivity index (χ3v) is 3.07. The topological polar surface area (TPSA) is 55.8 Å². The molecule has 0 N–H and O–H groups in total. The van der Waals surface area contributed by atoms with Gasteiger partial charge in [-0.1, -0.05) is 24.3 Å². The molecule has 0 aromatic heterocycles. The molecule has 1 amide bonds. The van der Waals surface area contributed by atoms with E-state index < -0.39 is 17.7 Å². The number of carbonyl (C=O) groups excluding carboxylic acids is 2. The highest BCUT2D eigenvalue weighted by molar-refractivity contribution is 5.97. The smallest absolute Gasteiger partial charge is 0.415 e.